The molecule has 3 aromatic carbocycles. The lowest BCUT2D eigenvalue weighted by molar-refractivity contribution is -0.116. The fourth-order valence-corrected chi connectivity index (χ4v) is 5.25. The summed E-state index contributed by atoms with van der Waals surface area (Å²) in [5, 5.41) is 0.802. The lowest BCUT2D eigenvalue weighted by atomic mass is 10.0. The molecule has 1 amide bonds. The van der Waals surface area contributed by atoms with Crippen molar-refractivity contribution in [2.75, 3.05) is 23.8 Å². The second kappa shape index (κ2) is 10.4. The van der Waals surface area contributed by atoms with E-state index in [1.807, 2.05) is 60.5 Å². The van der Waals surface area contributed by atoms with Crippen LogP contribution in [0.1, 0.15) is 24.5 Å². The monoisotopic (exact) mass is 483 g/mol. The van der Waals surface area contributed by atoms with E-state index in [0.29, 0.717) is 12.4 Å². The van der Waals surface area contributed by atoms with Crippen LogP contribution in [0.15, 0.2) is 84.1 Å². The maximum absolute atomic E-state index is 13.3. The summed E-state index contributed by atoms with van der Waals surface area (Å²) >= 11 is 1.49. The van der Waals surface area contributed by atoms with Crippen molar-refractivity contribution in [1.29, 1.82) is 0 Å². The van der Waals surface area contributed by atoms with Crippen LogP contribution in [-0.2, 0) is 11.2 Å². The number of fused-ring (bicyclic) bond motifs is 1. The first-order chi connectivity index (χ1) is 17.1. The van der Waals surface area contributed by atoms with Crippen LogP contribution in [0, 0.1) is 6.92 Å². The number of aryl methyl sites for hydroxylation is 2. The van der Waals surface area contributed by atoms with Gasteiger partial charge in [0.25, 0.3) is 0 Å². The Balaban J connectivity index is 1.41. The highest BCUT2D eigenvalue weighted by Crippen LogP contribution is 2.31. The van der Waals surface area contributed by atoms with E-state index in [1.54, 1.807) is 0 Å². The van der Waals surface area contributed by atoms with Gasteiger partial charge in [-0.2, -0.15) is 0 Å². The number of hydrogen-bond donors (Lipinski definition) is 0. The van der Waals surface area contributed by atoms with E-state index in [0.717, 1.165) is 52.9 Å². The smallest absolute Gasteiger partial charge is 0.237 e. The summed E-state index contributed by atoms with van der Waals surface area (Å²) in [7, 11) is 0. The molecular formula is C29H29N3O2S. The van der Waals surface area contributed by atoms with Crippen molar-refractivity contribution in [2.24, 2.45) is 0 Å². The normalized spacial score (nSPS) is 12.9. The number of nitrogens with zero attached hydrogens (tertiary/aromatic N) is 3. The van der Waals surface area contributed by atoms with Gasteiger partial charge in [0.15, 0.2) is 5.16 Å². The molecule has 0 N–H and O–H groups in total. The van der Waals surface area contributed by atoms with Crippen molar-refractivity contribution in [3.63, 3.8) is 0 Å². The molecule has 5 rings (SSSR count). The van der Waals surface area contributed by atoms with Crippen molar-refractivity contribution in [3.05, 3.63) is 90.1 Å². The van der Waals surface area contributed by atoms with Gasteiger partial charge < -0.3 is 9.64 Å². The third kappa shape index (κ3) is 5.13. The Morgan fingerprint density at radius 2 is 1.80 bits per heavy atom. The fraction of sp³-hybridized carbons (Fsp3) is 0.241. The van der Waals surface area contributed by atoms with Gasteiger partial charge in [-0.1, -0.05) is 47.7 Å². The van der Waals surface area contributed by atoms with Gasteiger partial charge in [0.2, 0.25) is 5.91 Å². The van der Waals surface area contributed by atoms with Crippen molar-refractivity contribution in [3.8, 4) is 22.7 Å². The standard InChI is InChI=1S/C29H29N3O2S/c1-3-34-25-16-12-22(13-17-25)26-19-32(24-14-10-21(2)11-15-24)29(30-26)35-20-28(33)31-18-6-8-23-7-4-5-9-27(23)31/h4-5,7,9-17,19H,3,6,8,18,20H2,1-2H3. The van der Waals surface area contributed by atoms with E-state index in [9.17, 15) is 4.79 Å². The minimum atomic E-state index is 0.114. The Morgan fingerprint density at radius 3 is 2.57 bits per heavy atom. The highest BCUT2D eigenvalue weighted by Gasteiger charge is 2.23. The summed E-state index contributed by atoms with van der Waals surface area (Å²) in [5.41, 5.74) is 6.40. The molecule has 4 aromatic rings. The topological polar surface area (TPSA) is 47.4 Å². The number of ether oxygens (including phenoxy) is 1. The quantitative estimate of drug-likeness (QED) is 0.289. The zero-order valence-corrected chi connectivity index (χ0v) is 20.9. The largest absolute Gasteiger partial charge is 0.494 e. The number of rotatable bonds is 7. The van der Waals surface area contributed by atoms with E-state index in [4.69, 9.17) is 9.72 Å². The summed E-state index contributed by atoms with van der Waals surface area (Å²) in [6, 6.07) is 24.6. The SMILES string of the molecule is CCOc1ccc(-c2cn(-c3ccc(C)cc3)c(SCC(=O)N3CCCc4ccccc43)n2)cc1. The highest BCUT2D eigenvalue weighted by atomic mass is 32.2. The Hall–Kier alpha value is -3.51. The average molecular weight is 484 g/mol. The third-order valence-corrected chi connectivity index (χ3v) is 7.12. The number of para-hydroxylation sites is 1. The number of anilines is 1. The number of amides is 1. The van der Waals surface area contributed by atoms with E-state index >= 15 is 0 Å². The van der Waals surface area contributed by atoms with Crippen LogP contribution in [0.4, 0.5) is 5.69 Å². The third-order valence-electron chi connectivity index (χ3n) is 6.18. The molecule has 1 aromatic heterocycles. The number of imidazole rings is 1. The molecule has 0 fully saturated rings. The fourth-order valence-electron chi connectivity index (χ4n) is 4.38. The molecular weight excluding hydrogens is 454 g/mol. The number of aromatic nitrogens is 2. The second-order valence-electron chi connectivity index (χ2n) is 8.64. The maximum Gasteiger partial charge on any atom is 0.237 e. The van der Waals surface area contributed by atoms with Gasteiger partial charge in [0, 0.05) is 29.7 Å². The molecule has 1 aliphatic heterocycles. The molecule has 0 atom stereocenters. The summed E-state index contributed by atoms with van der Waals surface area (Å²) in [6.07, 6.45) is 4.06. The highest BCUT2D eigenvalue weighted by molar-refractivity contribution is 7.99. The number of thioether (sulfide) groups is 1. The molecule has 0 aliphatic carbocycles. The maximum atomic E-state index is 13.3. The Morgan fingerprint density at radius 1 is 1.03 bits per heavy atom. The van der Waals surface area contributed by atoms with Crippen LogP contribution in [0.3, 0.4) is 0 Å². The molecule has 1 aliphatic rings. The van der Waals surface area contributed by atoms with Gasteiger partial charge in [-0.25, -0.2) is 4.98 Å². The van der Waals surface area contributed by atoms with E-state index in [1.165, 1.54) is 22.9 Å². The number of benzene rings is 3. The van der Waals surface area contributed by atoms with E-state index in [2.05, 4.69) is 41.8 Å². The zero-order chi connectivity index (χ0) is 24.2. The predicted octanol–water partition coefficient (Wildman–Crippen LogP) is 6.32. The van der Waals surface area contributed by atoms with Crippen LogP contribution in [-0.4, -0.2) is 34.4 Å². The van der Waals surface area contributed by atoms with E-state index < -0.39 is 0 Å². The molecule has 0 saturated carbocycles. The van der Waals surface area contributed by atoms with Crippen LogP contribution in [0.25, 0.3) is 16.9 Å². The van der Waals surface area contributed by atoms with Crippen molar-refractivity contribution in [2.45, 2.75) is 31.8 Å². The van der Waals surface area contributed by atoms with Crippen molar-refractivity contribution in [1.82, 2.24) is 9.55 Å². The van der Waals surface area contributed by atoms with Crippen LogP contribution in [0.2, 0.25) is 0 Å². The first-order valence-corrected chi connectivity index (χ1v) is 13.0. The molecule has 5 nitrogen and oxygen atoms in total. The molecule has 0 spiro atoms. The minimum Gasteiger partial charge on any atom is -0.494 e. The number of carbonyl (C=O) groups excluding carboxylic acids is 1. The van der Waals surface area contributed by atoms with Gasteiger partial charge in [-0.15, -0.1) is 0 Å². The van der Waals surface area contributed by atoms with Crippen LogP contribution in [0.5, 0.6) is 5.75 Å². The summed E-state index contributed by atoms with van der Waals surface area (Å²) in [6.45, 7) is 5.45. The summed E-state index contributed by atoms with van der Waals surface area (Å²) in [4.78, 5) is 20.1. The minimum absolute atomic E-state index is 0.114. The lowest BCUT2D eigenvalue weighted by Crippen LogP contribution is -2.36. The second-order valence-corrected chi connectivity index (χ2v) is 9.58. The van der Waals surface area contributed by atoms with Crippen LogP contribution < -0.4 is 9.64 Å². The van der Waals surface area contributed by atoms with Gasteiger partial charge in [0.05, 0.1) is 18.1 Å². The number of carbonyl (C=O) groups is 1. The molecule has 0 bridgehead atoms. The summed E-state index contributed by atoms with van der Waals surface area (Å²) < 4.78 is 7.66. The van der Waals surface area contributed by atoms with E-state index in [-0.39, 0.29) is 5.91 Å². The molecule has 0 saturated heterocycles. The molecule has 0 radical (unpaired) electrons. The molecule has 35 heavy (non-hydrogen) atoms. The molecule has 6 heteroatoms. The lowest BCUT2D eigenvalue weighted by Gasteiger charge is -2.29. The average Bonchev–Trinajstić information content (AvgIpc) is 3.32. The Labute approximate surface area is 210 Å². The van der Waals surface area contributed by atoms with Crippen molar-refractivity contribution >= 4 is 23.4 Å². The van der Waals surface area contributed by atoms with Gasteiger partial charge in [-0.05, 0) is 74.7 Å². The zero-order valence-electron chi connectivity index (χ0n) is 20.1. The van der Waals surface area contributed by atoms with Gasteiger partial charge in [-0.3, -0.25) is 9.36 Å². The molecule has 178 valence electrons. The van der Waals surface area contributed by atoms with Gasteiger partial charge in [0.1, 0.15) is 5.75 Å². The van der Waals surface area contributed by atoms with Gasteiger partial charge >= 0.3 is 0 Å². The first-order valence-electron chi connectivity index (χ1n) is 12.0. The molecule has 0 unspecified atom stereocenters. The first kappa shape index (κ1) is 23.2. The number of hydrogen-bond acceptors (Lipinski definition) is 4. The predicted molar refractivity (Wildman–Crippen MR) is 143 cm³/mol. The molecule has 2 heterocycles. The summed E-state index contributed by atoms with van der Waals surface area (Å²) in [5.74, 6) is 1.29. The Bertz CT molecular complexity index is 1310. The Kier molecular flexibility index (Phi) is 6.91. The van der Waals surface area contributed by atoms with Crippen LogP contribution >= 0.6 is 11.8 Å². The van der Waals surface area contributed by atoms with Crippen molar-refractivity contribution < 1.29 is 9.53 Å².